The lowest BCUT2D eigenvalue weighted by Crippen LogP contribution is -2.49. The Labute approximate surface area is 92.8 Å². The fourth-order valence-corrected chi connectivity index (χ4v) is 2.24. The van der Waals surface area contributed by atoms with Gasteiger partial charge >= 0.3 is 0 Å². The maximum Gasteiger partial charge on any atom is 0.260 e. The molecule has 1 N–H and O–H groups in total. The van der Waals surface area contributed by atoms with E-state index in [2.05, 4.69) is 11.4 Å². The largest absolute Gasteiger partial charge is 0.337 e. The first kappa shape index (κ1) is 11.3. The summed E-state index contributed by atoms with van der Waals surface area (Å²) in [6.45, 7) is 0. The zero-order chi connectivity index (χ0) is 11.8. The zero-order valence-corrected chi connectivity index (χ0v) is 8.93. The Bertz CT molecular complexity index is 342. The fourth-order valence-electron chi connectivity index (χ4n) is 2.24. The molecule has 0 heterocycles. The van der Waals surface area contributed by atoms with Crippen molar-refractivity contribution < 1.29 is 13.6 Å². The molecule has 2 fully saturated rings. The summed E-state index contributed by atoms with van der Waals surface area (Å²) in [5.74, 6) is -4.72. The van der Waals surface area contributed by atoms with Crippen LogP contribution < -0.4 is 5.32 Å². The summed E-state index contributed by atoms with van der Waals surface area (Å²) in [6, 6.07) is 2.08. The van der Waals surface area contributed by atoms with Gasteiger partial charge in [0.1, 0.15) is 11.5 Å². The quantitative estimate of drug-likeness (QED) is 0.785. The van der Waals surface area contributed by atoms with E-state index in [9.17, 15) is 13.6 Å². The first-order valence-electron chi connectivity index (χ1n) is 5.60. The molecule has 2 saturated carbocycles. The number of hydrogen-bond acceptors (Lipinski definition) is 2. The van der Waals surface area contributed by atoms with Crippen LogP contribution in [0.15, 0.2) is 0 Å². The summed E-state index contributed by atoms with van der Waals surface area (Å²) < 4.78 is 25.4. The molecule has 2 aliphatic carbocycles. The minimum atomic E-state index is -2.85. The van der Waals surface area contributed by atoms with Crippen molar-refractivity contribution in [3.05, 3.63) is 0 Å². The number of carbonyl (C=O) groups excluding carboxylic acids is 1. The molecule has 16 heavy (non-hydrogen) atoms. The molecule has 2 aliphatic rings. The van der Waals surface area contributed by atoms with Gasteiger partial charge in [-0.1, -0.05) is 19.3 Å². The van der Waals surface area contributed by atoms with Crippen molar-refractivity contribution in [1.29, 1.82) is 5.26 Å². The highest BCUT2D eigenvalue weighted by atomic mass is 19.3. The number of hydrogen-bond donors (Lipinski definition) is 1. The first-order chi connectivity index (χ1) is 7.49. The summed E-state index contributed by atoms with van der Waals surface area (Å²) in [5, 5.41) is 11.6. The lowest BCUT2D eigenvalue weighted by atomic mass is 9.82. The Balaban J connectivity index is 1.97. The van der Waals surface area contributed by atoms with Crippen molar-refractivity contribution in [2.45, 2.75) is 50.0 Å². The molecule has 0 bridgehead atoms. The van der Waals surface area contributed by atoms with Crippen LogP contribution in [0, 0.1) is 17.2 Å². The topological polar surface area (TPSA) is 52.9 Å². The number of rotatable bonds is 2. The van der Waals surface area contributed by atoms with E-state index in [4.69, 9.17) is 5.26 Å². The average Bonchev–Trinajstić information content (AvgIpc) is 2.89. The standard InChI is InChI=1S/C11H14F2N2O/c12-11(13)6-8(11)9(16)15-10(7-14)4-2-1-3-5-10/h8H,1-6H2,(H,15,16). The van der Waals surface area contributed by atoms with E-state index in [1.165, 1.54) is 0 Å². The number of halogens is 2. The third kappa shape index (κ3) is 2.01. The van der Waals surface area contributed by atoms with E-state index >= 15 is 0 Å². The van der Waals surface area contributed by atoms with E-state index in [1.807, 2.05) is 0 Å². The molecule has 0 spiro atoms. The van der Waals surface area contributed by atoms with Crippen molar-refractivity contribution in [1.82, 2.24) is 5.32 Å². The van der Waals surface area contributed by atoms with Gasteiger partial charge in [0.15, 0.2) is 0 Å². The number of carbonyl (C=O) groups is 1. The van der Waals surface area contributed by atoms with E-state index < -0.39 is 23.3 Å². The second-order valence-electron chi connectivity index (χ2n) is 4.76. The zero-order valence-electron chi connectivity index (χ0n) is 8.93. The van der Waals surface area contributed by atoms with Gasteiger partial charge in [0.2, 0.25) is 5.91 Å². The average molecular weight is 228 g/mol. The van der Waals surface area contributed by atoms with Crippen LogP contribution in [0.3, 0.4) is 0 Å². The number of nitrogens with zero attached hydrogens (tertiary/aromatic N) is 1. The Morgan fingerprint density at radius 1 is 1.31 bits per heavy atom. The molecule has 0 aromatic rings. The van der Waals surface area contributed by atoms with Crippen molar-refractivity contribution in [3.8, 4) is 6.07 Å². The minimum Gasteiger partial charge on any atom is -0.337 e. The monoisotopic (exact) mass is 228 g/mol. The van der Waals surface area contributed by atoms with E-state index in [-0.39, 0.29) is 6.42 Å². The van der Waals surface area contributed by atoms with Crippen molar-refractivity contribution >= 4 is 5.91 Å². The highest BCUT2D eigenvalue weighted by Crippen LogP contribution is 2.49. The Morgan fingerprint density at radius 2 is 1.88 bits per heavy atom. The Kier molecular flexibility index (Phi) is 2.61. The number of alkyl halides is 2. The number of amides is 1. The Hall–Kier alpha value is -1.18. The SMILES string of the molecule is N#CC1(NC(=O)C2CC2(F)F)CCCCC1. The molecule has 0 saturated heterocycles. The Morgan fingerprint density at radius 3 is 2.31 bits per heavy atom. The van der Waals surface area contributed by atoms with Crippen molar-refractivity contribution in [2.24, 2.45) is 5.92 Å². The molecule has 3 nitrogen and oxygen atoms in total. The summed E-state index contributed by atoms with van der Waals surface area (Å²) >= 11 is 0. The maximum atomic E-state index is 12.7. The van der Waals surface area contributed by atoms with Crippen LogP contribution in [0.2, 0.25) is 0 Å². The maximum absolute atomic E-state index is 12.7. The molecule has 0 aliphatic heterocycles. The van der Waals surface area contributed by atoms with Crippen LogP contribution in [-0.2, 0) is 4.79 Å². The van der Waals surface area contributed by atoms with Crippen molar-refractivity contribution in [2.75, 3.05) is 0 Å². The van der Waals surface area contributed by atoms with E-state index in [0.29, 0.717) is 12.8 Å². The van der Waals surface area contributed by atoms with Crippen molar-refractivity contribution in [3.63, 3.8) is 0 Å². The second-order valence-corrected chi connectivity index (χ2v) is 4.76. The molecule has 1 atom stereocenters. The molecular weight excluding hydrogens is 214 g/mol. The van der Waals surface area contributed by atoms with Gasteiger partial charge in [0.25, 0.3) is 5.92 Å². The highest BCUT2D eigenvalue weighted by Gasteiger charge is 2.62. The van der Waals surface area contributed by atoms with Gasteiger partial charge in [-0.15, -0.1) is 0 Å². The van der Waals surface area contributed by atoms with Gasteiger partial charge in [0, 0.05) is 6.42 Å². The molecule has 5 heteroatoms. The third-order valence-corrected chi connectivity index (χ3v) is 3.43. The van der Waals surface area contributed by atoms with Crippen LogP contribution >= 0.6 is 0 Å². The van der Waals surface area contributed by atoms with E-state index in [1.54, 1.807) is 0 Å². The molecule has 0 aromatic carbocycles. The molecule has 1 amide bonds. The highest BCUT2D eigenvalue weighted by molar-refractivity contribution is 5.83. The van der Waals surface area contributed by atoms with Crippen LogP contribution in [0.25, 0.3) is 0 Å². The molecule has 88 valence electrons. The van der Waals surface area contributed by atoms with Gasteiger partial charge in [-0.3, -0.25) is 4.79 Å². The lowest BCUT2D eigenvalue weighted by molar-refractivity contribution is -0.126. The molecule has 1 unspecified atom stereocenters. The summed E-state index contributed by atoms with van der Waals surface area (Å²) in [6.07, 6.45) is 3.56. The van der Waals surface area contributed by atoms with Crippen LogP contribution in [0.5, 0.6) is 0 Å². The van der Waals surface area contributed by atoms with Gasteiger partial charge in [-0.25, -0.2) is 8.78 Å². The predicted molar refractivity (Wildman–Crippen MR) is 52.6 cm³/mol. The lowest BCUT2D eigenvalue weighted by Gasteiger charge is -2.31. The van der Waals surface area contributed by atoms with Gasteiger partial charge in [-0.05, 0) is 12.8 Å². The smallest absolute Gasteiger partial charge is 0.260 e. The van der Waals surface area contributed by atoms with Crippen LogP contribution in [0.4, 0.5) is 8.78 Å². The van der Waals surface area contributed by atoms with Gasteiger partial charge in [0.05, 0.1) is 6.07 Å². The van der Waals surface area contributed by atoms with Gasteiger partial charge in [-0.2, -0.15) is 5.26 Å². The first-order valence-corrected chi connectivity index (χ1v) is 5.60. The normalized spacial score (nSPS) is 30.2. The minimum absolute atomic E-state index is 0.375. The predicted octanol–water partition coefficient (Wildman–Crippen LogP) is 1.98. The number of nitriles is 1. The summed E-state index contributed by atoms with van der Waals surface area (Å²) in [7, 11) is 0. The summed E-state index contributed by atoms with van der Waals surface area (Å²) in [4.78, 5) is 11.5. The second kappa shape index (κ2) is 3.69. The summed E-state index contributed by atoms with van der Waals surface area (Å²) in [5.41, 5.74) is -0.895. The molecule has 0 aromatic heterocycles. The number of nitrogens with one attached hydrogen (secondary N) is 1. The van der Waals surface area contributed by atoms with Crippen LogP contribution in [-0.4, -0.2) is 17.4 Å². The third-order valence-electron chi connectivity index (χ3n) is 3.43. The fraction of sp³-hybridized carbons (Fsp3) is 0.818. The van der Waals surface area contributed by atoms with E-state index in [0.717, 1.165) is 19.3 Å². The molecular formula is C11H14F2N2O. The van der Waals surface area contributed by atoms with Crippen LogP contribution in [0.1, 0.15) is 38.5 Å². The molecule has 0 radical (unpaired) electrons. The van der Waals surface area contributed by atoms with Gasteiger partial charge < -0.3 is 5.32 Å². The molecule has 2 rings (SSSR count).